The molecule has 0 aliphatic rings. The lowest BCUT2D eigenvalue weighted by atomic mass is 10.3. The SMILES string of the molecule is N=C=O.OP(=S)(Oc1ccccc1)Oc1ccccc1. The predicted octanol–water partition coefficient (Wildman–Crippen LogP) is 3.26. The first-order valence-corrected chi connectivity index (χ1v) is 8.02. The van der Waals surface area contributed by atoms with E-state index in [9.17, 15) is 4.89 Å². The highest BCUT2D eigenvalue weighted by atomic mass is 32.5. The lowest BCUT2D eigenvalue weighted by Gasteiger charge is -2.17. The van der Waals surface area contributed by atoms with Crippen LogP contribution in [0.4, 0.5) is 0 Å². The third-order valence-corrected chi connectivity index (χ3v) is 3.26. The second kappa shape index (κ2) is 8.25. The highest BCUT2D eigenvalue weighted by molar-refractivity contribution is 8.07. The average molecular weight is 309 g/mol. The highest BCUT2D eigenvalue weighted by Gasteiger charge is 2.18. The van der Waals surface area contributed by atoms with Crippen molar-refractivity contribution >= 4 is 24.6 Å². The molecule has 0 radical (unpaired) electrons. The van der Waals surface area contributed by atoms with Gasteiger partial charge in [-0.25, -0.2) is 10.2 Å². The van der Waals surface area contributed by atoms with Crippen LogP contribution in [-0.2, 0) is 16.6 Å². The fraction of sp³-hybridized carbons (Fsp3) is 0. The van der Waals surface area contributed by atoms with Gasteiger partial charge in [-0.05, 0) is 24.3 Å². The van der Waals surface area contributed by atoms with Gasteiger partial charge in [-0.1, -0.05) is 36.4 Å². The topological polar surface area (TPSA) is 79.6 Å². The summed E-state index contributed by atoms with van der Waals surface area (Å²) in [4.78, 5) is 18.3. The molecule has 5 nitrogen and oxygen atoms in total. The highest BCUT2D eigenvalue weighted by Crippen LogP contribution is 2.44. The Morgan fingerprint density at radius 2 is 1.25 bits per heavy atom. The third kappa shape index (κ3) is 6.27. The standard InChI is InChI=1S/C12H11O3PS.CHNO/c13-16(17,14-11-7-3-1-4-8-11)15-12-9-5-2-6-10-12;2-1-3/h1-10H,(H,13,17);2H. The van der Waals surface area contributed by atoms with E-state index in [1.54, 1.807) is 48.5 Å². The van der Waals surface area contributed by atoms with Gasteiger partial charge in [0.05, 0.1) is 0 Å². The van der Waals surface area contributed by atoms with Gasteiger partial charge in [0.25, 0.3) is 0 Å². The van der Waals surface area contributed by atoms with Crippen molar-refractivity contribution in [3.8, 4) is 11.5 Å². The molecule has 0 aliphatic heterocycles. The summed E-state index contributed by atoms with van der Waals surface area (Å²) in [6.45, 7) is -3.30. The number of para-hydroxylation sites is 2. The van der Waals surface area contributed by atoms with Crippen molar-refractivity contribution in [2.75, 3.05) is 0 Å². The van der Waals surface area contributed by atoms with E-state index in [0.717, 1.165) is 6.08 Å². The predicted molar refractivity (Wildman–Crippen MR) is 79.1 cm³/mol. The molecule has 0 saturated heterocycles. The fourth-order valence-corrected chi connectivity index (χ4v) is 2.58. The van der Waals surface area contributed by atoms with Gasteiger partial charge in [0, 0.05) is 11.8 Å². The molecule has 0 spiro atoms. The maximum Gasteiger partial charge on any atom is 0.432 e. The maximum atomic E-state index is 9.90. The van der Waals surface area contributed by atoms with E-state index >= 15 is 0 Å². The van der Waals surface area contributed by atoms with Gasteiger partial charge in [0.15, 0.2) is 0 Å². The van der Waals surface area contributed by atoms with Crippen LogP contribution < -0.4 is 9.05 Å². The molecule has 0 heterocycles. The fourth-order valence-electron chi connectivity index (χ4n) is 1.25. The van der Waals surface area contributed by atoms with Gasteiger partial charge in [-0.3, -0.25) is 0 Å². The molecule has 7 heteroatoms. The third-order valence-electron chi connectivity index (χ3n) is 1.93. The first-order chi connectivity index (χ1) is 9.57. The zero-order chi connectivity index (χ0) is 14.8. The summed E-state index contributed by atoms with van der Waals surface area (Å²) >= 11 is 4.93. The number of benzene rings is 2. The van der Waals surface area contributed by atoms with Crippen LogP contribution in [0, 0.1) is 5.41 Å². The minimum atomic E-state index is -3.30. The van der Waals surface area contributed by atoms with Gasteiger partial charge in [-0.15, -0.1) is 0 Å². The molecule has 2 aromatic rings. The average Bonchev–Trinajstić information content (AvgIpc) is 2.40. The van der Waals surface area contributed by atoms with E-state index < -0.39 is 6.72 Å². The Labute approximate surface area is 121 Å². The zero-order valence-corrected chi connectivity index (χ0v) is 12.0. The van der Waals surface area contributed by atoms with Crippen LogP contribution >= 0.6 is 6.72 Å². The smallest absolute Gasteiger partial charge is 0.416 e. The Bertz CT molecular complexity index is 555. The van der Waals surface area contributed by atoms with Crippen molar-refractivity contribution in [1.29, 1.82) is 5.41 Å². The van der Waals surface area contributed by atoms with Crippen molar-refractivity contribution in [3.63, 3.8) is 0 Å². The largest absolute Gasteiger partial charge is 0.432 e. The number of hydrogen-bond donors (Lipinski definition) is 2. The number of hydrogen-bond acceptors (Lipinski definition) is 5. The molecule has 2 N–H and O–H groups in total. The summed E-state index contributed by atoms with van der Waals surface area (Å²) in [7, 11) is 0. The minimum absolute atomic E-state index is 0.495. The maximum absolute atomic E-state index is 9.90. The quantitative estimate of drug-likeness (QED) is 0.515. The molecule has 104 valence electrons. The molecular weight excluding hydrogens is 297 g/mol. The number of isocyanates is 1. The lowest BCUT2D eigenvalue weighted by molar-refractivity contribution is 0.377. The summed E-state index contributed by atoms with van der Waals surface area (Å²) in [6.07, 6.45) is 0.750. The molecule has 20 heavy (non-hydrogen) atoms. The van der Waals surface area contributed by atoms with Gasteiger partial charge in [0.2, 0.25) is 6.08 Å². The molecule has 0 aliphatic carbocycles. The molecular formula is C13H12NO4PS. The van der Waals surface area contributed by atoms with E-state index in [-0.39, 0.29) is 0 Å². The van der Waals surface area contributed by atoms with Gasteiger partial charge < -0.3 is 13.9 Å². The Morgan fingerprint density at radius 1 is 0.950 bits per heavy atom. The van der Waals surface area contributed by atoms with E-state index in [2.05, 4.69) is 0 Å². The molecule has 0 saturated carbocycles. The van der Waals surface area contributed by atoms with Crippen LogP contribution in [-0.4, -0.2) is 11.0 Å². The van der Waals surface area contributed by atoms with Gasteiger partial charge in [-0.2, -0.15) is 0 Å². The summed E-state index contributed by atoms with van der Waals surface area (Å²) in [5.41, 5.74) is 0. The Balaban J connectivity index is 0.000000612. The Morgan fingerprint density at radius 3 is 1.55 bits per heavy atom. The van der Waals surface area contributed by atoms with Crippen LogP contribution in [0.1, 0.15) is 0 Å². The number of rotatable bonds is 4. The van der Waals surface area contributed by atoms with Crippen molar-refractivity contribution in [1.82, 2.24) is 0 Å². The van der Waals surface area contributed by atoms with Crippen molar-refractivity contribution in [2.24, 2.45) is 0 Å². The van der Waals surface area contributed by atoms with Crippen LogP contribution in [0.25, 0.3) is 0 Å². The lowest BCUT2D eigenvalue weighted by Crippen LogP contribution is -1.99. The molecule has 0 bridgehead atoms. The molecule has 0 atom stereocenters. The second-order valence-corrected chi connectivity index (χ2v) is 6.07. The molecule has 0 aromatic heterocycles. The van der Waals surface area contributed by atoms with E-state index in [1.165, 1.54) is 0 Å². The van der Waals surface area contributed by atoms with Gasteiger partial charge >= 0.3 is 6.72 Å². The summed E-state index contributed by atoms with van der Waals surface area (Å²) in [6, 6.07) is 17.8. The molecule has 0 fully saturated rings. The van der Waals surface area contributed by atoms with Crippen LogP contribution in [0.15, 0.2) is 60.7 Å². The summed E-state index contributed by atoms with van der Waals surface area (Å²) in [5.74, 6) is 0.989. The first-order valence-electron chi connectivity index (χ1n) is 5.43. The molecule has 2 rings (SSSR count). The molecule has 0 unspecified atom stereocenters. The van der Waals surface area contributed by atoms with Crippen molar-refractivity contribution < 1.29 is 18.7 Å². The normalized spacial score (nSPS) is 9.65. The molecule has 2 aromatic carbocycles. The van der Waals surface area contributed by atoms with E-state index in [0.29, 0.717) is 11.5 Å². The van der Waals surface area contributed by atoms with E-state index in [1.807, 2.05) is 12.1 Å². The summed E-state index contributed by atoms with van der Waals surface area (Å²) in [5, 5.41) is 5.40. The summed E-state index contributed by atoms with van der Waals surface area (Å²) < 4.78 is 10.5. The minimum Gasteiger partial charge on any atom is -0.416 e. The Kier molecular flexibility index (Phi) is 6.64. The van der Waals surface area contributed by atoms with Crippen molar-refractivity contribution in [2.45, 2.75) is 0 Å². The van der Waals surface area contributed by atoms with E-state index in [4.69, 9.17) is 31.1 Å². The second-order valence-electron chi connectivity index (χ2n) is 3.38. The van der Waals surface area contributed by atoms with Crippen LogP contribution in [0.2, 0.25) is 0 Å². The number of carbonyl (C=O) groups excluding carboxylic acids is 1. The molecule has 0 amide bonds. The monoisotopic (exact) mass is 309 g/mol. The van der Waals surface area contributed by atoms with Crippen LogP contribution in [0.5, 0.6) is 11.5 Å². The Hall–Kier alpha value is -1.97. The van der Waals surface area contributed by atoms with Crippen molar-refractivity contribution in [3.05, 3.63) is 60.7 Å². The van der Waals surface area contributed by atoms with Crippen LogP contribution in [0.3, 0.4) is 0 Å². The zero-order valence-electron chi connectivity index (χ0n) is 10.3. The van der Waals surface area contributed by atoms with Gasteiger partial charge in [0.1, 0.15) is 11.5 Å². The first kappa shape index (κ1) is 16.1. The number of nitrogens with one attached hydrogen (secondary N) is 1.